The molecule has 0 radical (unpaired) electrons. The van der Waals surface area contributed by atoms with Crippen molar-refractivity contribution in [1.29, 1.82) is 0 Å². The number of rotatable bonds is 1. The van der Waals surface area contributed by atoms with E-state index in [0.717, 1.165) is 0 Å². The summed E-state index contributed by atoms with van der Waals surface area (Å²) < 4.78 is 13.1. The van der Waals surface area contributed by atoms with Gasteiger partial charge in [0.05, 0.1) is 0 Å². The molecule has 0 atom stereocenters. The lowest BCUT2D eigenvalue weighted by Crippen LogP contribution is -1.91. The zero-order valence-corrected chi connectivity index (χ0v) is 9.69. The third-order valence-corrected chi connectivity index (χ3v) is 2.80. The molecule has 82 valence electrons. The first kappa shape index (κ1) is 11.2. The van der Waals surface area contributed by atoms with Crippen LogP contribution < -0.4 is 5.73 Å². The van der Waals surface area contributed by atoms with E-state index in [1.807, 2.05) is 0 Å². The lowest BCUT2D eigenvalue weighted by atomic mass is 10.0. The minimum absolute atomic E-state index is 0.361. The van der Waals surface area contributed by atoms with Crippen LogP contribution in [-0.2, 0) is 0 Å². The van der Waals surface area contributed by atoms with Crippen LogP contribution in [0.25, 0.3) is 11.1 Å². The minimum Gasteiger partial charge on any atom is -0.398 e. The average molecular weight is 256 g/mol. The van der Waals surface area contributed by atoms with Crippen molar-refractivity contribution in [2.75, 3.05) is 5.73 Å². The van der Waals surface area contributed by atoms with Gasteiger partial charge in [-0.05, 0) is 36.4 Å². The van der Waals surface area contributed by atoms with Gasteiger partial charge in [-0.15, -0.1) is 0 Å². The van der Waals surface area contributed by atoms with E-state index in [0.29, 0.717) is 26.9 Å². The molecule has 0 heterocycles. The second-order valence-corrected chi connectivity index (χ2v) is 4.20. The highest BCUT2D eigenvalue weighted by Crippen LogP contribution is 2.34. The van der Waals surface area contributed by atoms with E-state index in [4.69, 9.17) is 28.9 Å². The molecule has 1 nitrogen and oxygen atoms in total. The number of hydrogen-bond donors (Lipinski definition) is 1. The molecule has 0 bridgehead atoms. The first-order valence-electron chi connectivity index (χ1n) is 4.58. The Morgan fingerprint density at radius 3 is 2.44 bits per heavy atom. The molecule has 4 heteroatoms. The Hall–Kier alpha value is -1.25. The van der Waals surface area contributed by atoms with Crippen molar-refractivity contribution in [2.24, 2.45) is 0 Å². The standard InChI is InChI=1S/C12H8Cl2FN/c13-7-1-3-11(14)9(5-7)10-6-8(15)2-4-12(10)16/h1-6H,16H2. The highest BCUT2D eigenvalue weighted by atomic mass is 35.5. The fourth-order valence-electron chi connectivity index (χ4n) is 1.47. The maximum atomic E-state index is 13.1. The maximum Gasteiger partial charge on any atom is 0.123 e. The van der Waals surface area contributed by atoms with Crippen LogP contribution in [0.1, 0.15) is 0 Å². The monoisotopic (exact) mass is 255 g/mol. The van der Waals surface area contributed by atoms with E-state index in [2.05, 4.69) is 0 Å². The Morgan fingerprint density at radius 1 is 0.938 bits per heavy atom. The molecule has 0 saturated heterocycles. The highest BCUT2D eigenvalue weighted by Gasteiger charge is 2.08. The number of hydrogen-bond acceptors (Lipinski definition) is 1. The van der Waals surface area contributed by atoms with E-state index < -0.39 is 0 Å². The SMILES string of the molecule is Nc1ccc(F)cc1-c1cc(Cl)ccc1Cl. The molecule has 0 unspecified atom stereocenters. The van der Waals surface area contributed by atoms with E-state index in [1.165, 1.54) is 18.2 Å². The van der Waals surface area contributed by atoms with Gasteiger partial charge in [-0.1, -0.05) is 23.2 Å². The lowest BCUT2D eigenvalue weighted by Gasteiger charge is -2.08. The maximum absolute atomic E-state index is 13.1. The van der Waals surface area contributed by atoms with Gasteiger partial charge in [0.2, 0.25) is 0 Å². The van der Waals surface area contributed by atoms with Gasteiger partial charge in [-0.25, -0.2) is 4.39 Å². The van der Waals surface area contributed by atoms with Gasteiger partial charge >= 0.3 is 0 Å². The normalized spacial score (nSPS) is 10.4. The van der Waals surface area contributed by atoms with Crippen LogP contribution in [0.4, 0.5) is 10.1 Å². The molecule has 0 aliphatic heterocycles. The Balaban J connectivity index is 2.66. The molecule has 0 amide bonds. The summed E-state index contributed by atoms with van der Waals surface area (Å²) in [7, 11) is 0. The summed E-state index contributed by atoms with van der Waals surface area (Å²) in [5.74, 6) is -0.361. The molecule has 0 saturated carbocycles. The summed E-state index contributed by atoms with van der Waals surface area (Å²) in [5, 5.41) is 1.02. The predicted octanol–water partition coefficient (Wildman–Crippen LogP) is 4.38. The molecular formula is C12H8Cl2FN. The van der Waals surface area contributed by atoms with Gasteiger partial charge in [0.15, 0.2) is 0 Å². The fraction of sp³-hybridized carbons (Fsp3) is 0. The van der Waals surface area contributed by atoms with Gasteiger partial charge in [-0.3, -0.25) is 0 Å². The summed E-state index contributed by atoms with van der Waals surface area (Å²) in [5.41, 5.74) is 7.41. The summed E-state index contributed by atoms with van der Waals surface area (Å²) in [4.78, 5) is 0. The van der Waals surface area contributed by atoms with Crippen molar-refractivity contribution in [2.45, 2.75) is 0 Å². The zero-order chi connectivity index (χ0) is 11.7. The van der Waals surface area contributed by atoms with Crippen molar-refractivity contribution < 1.29 is 4.39 Å². The van der Waals surface area contributed by atoms with Crippen molar-refractivity contribution in [3.8, 4) is 11.1 Å². The van der Waals surface area contributed by atoms with Crippen molar-refractivity contribution in [1.82, 2.24) is 0 Å². The summed E-state index contributed by atoms with van der Waals surface area (Å²) in [6.45, 7) is 0. The number of halogens is 3. The van der Waals surface area contributed by atoms with Crippen LogP contribution in [0.15, 0.2) is 36.4 Å². The van der Waals surface area contributed by atoms with Crippen LogP contribution in [0, 0.1) is 5.82 Å². The van der Waals surface area contributed by atoms with Crippen molar-refractivity contribution in [3.63, 3.8) is 0 Å². The summed E-state index contributed by atoms with van der Waals surface area (Å²) in [6.07, 6.45) is 0. The first-order chi connectivity index (χ1) is 7.58. The van der Waals surface area contributed by atoms with E-state index >= 15 is 0 Å². The van der Waals surface area contributed by atoms with Crippen LogP contribution in [0.3, 0.4) is 0 Å². The van der Waals surface area contributed by atoms with Gasteiger partial charge in [0, 0.05) is 26.9 Å². The van der Waals surface area contributed by atoms with Crippen LogP contribution >= 0.6 is 23.2 Å². The van der Waals surface area contributed by atoms with E-state index in [1.54, 1.807) is 18.2 Å². The first-order valence-corrected chi connectivity index (χ1v) is 5.34. The average Bonchev–Trinajstić information content (AvgIpc) is 2.25. The highest BCUT2D eigenvalue weighted by molar-refractivity contribution is 6.35. The largest absolute Gasteiger partial charge is 0.398 e. The number of benzene rings is 2. The van der Waals surface area contributed by atoms with Crippen LogP contribution in [0.5, 0.6) is 0 Å². The smallest absolute Gasteiger partial charge is 0.123 e. The second kappa shape index (κ2) is 4.32. The van der Waals surface area contributed by atoms with Gasteiger partial charge in [0.1, 0.15) is 5.82 Å². The number of nitrogen functional groups attached to an aromatic ring is 1. The Bertz CT molecular complexity index is 491. The number of anilines is 1. The molecule has 2 aromatic rings. The molecule has 2 aromatic carbocycles. The Morgan fingerprint density at radius 2 is 1.69 bits per heavy atom. The zero-order valence-electron chi connectivity index (χ0n) is 8.18. The van der Waals surface area contributed by atoms with Crippen LogP contribution in [0.2, 0.25) is 10.0 Å². The van der Waals surface area contributed by atoms with E-state index in [-0.39, 0.29) is 5.82 Å². The van der Waals surface area contributed by atoms with Gasteiger partial charge in [0.25, 0.3) is 0 Å². The second-order valence-electron chi connectivity index (χ2n) is 3.36. The Labute approximate surface area is 103 Å². The minimum atomic E-state index is -0.361. The molecule has 16 heavy (non-hydrogen) atoms. The molecule has 2 N–H and O–H groups in total. The van der Waals surface area contributed by atoms with Crippen molar-refractivity contribution in [3.05, 3.63) is 52.3 Å². The molecule has 2 rings (SSSR count). The van der Waals surface area contributed by atoms with Gasteiger partial charge in [-0.2, -0.15) is 0 Å². The summed E-state index contributed by atoms with van der Waals surface area (Å²) in [6, 6.07) is 9.13. The molecule has 0 aliphatic carbocycles. The third-order valence-electron chi connectivity index (χ3n) is 2.23. The summed E-state index contributed by atoms with van der Waals surface area (Å²) >= 11 is 11.9. The predicted molar refractivity (Wildman–Crippen MR) is 66.3 cm³/mol. The quantitative estimate of drug-likeness (QED) is 0.752. The van der Waals surface area contributed by atoms with Crippen LogP contribution in [-0.4, -0.2) is 0 Å². The lowest BCUT2D eigenvalue weighted by molar-refractivity contribution is 0.628. The molecular weight excluding hydrogens is 248 g/mol. The molecule has 0 aromatic heterocycles. The molecule has 0 aliphatic rings. The van der Waals surface area contributed by atoms with Gasteiger partial charge < -0.3 is 5.73 Å². The Kier molecular flexibility index (Phi) is 3.03. The molecule has 0 fully saturated rings. The number of nitrogens with two attached hydrogens (primary N) is 1. The third kappa shape index (κ3) is 2.13. The molecule has 0 spiro atoms. The topological polar surface area (TPSA) is 26.0 Å². The fourth-order valence-corrected chi connectivity index (χ4v) is 1.86. The van der Waals surface area contributed by atoms with E-state index in [9.17, 15) is 4.39 Å². The van der Waals surface area contributed by atoms with Crippen molar-refractivity contribution >= 4 is 28.9 Å².